The molecule has 0 aliphatic carbocycles. The van der Waals surface area contributed by atoms with Crippen molar-refractivity contribution in [2.45, 2.75) is 20.3 Å². The van der Waals surface area contributed by atoms with Crippen LogP contribution in [0.3, 0.4) is 0 Å². The van der Waals surface area contributed by atoms with Crippen LogP contribution in [0, 0.1) is 6.92 Å². The molecule has 9 nitrogen and oxygen atoms in total. The number of para-hydroxylation sites is 1. The molecule has 3 rings (SSSR count). The predicted octanol–water partition coefficient (Wildman–Crippen LogP) is 3.37. The van der Waals surface area contributed by atoms with Gasteiger partial charge in [0.1, 0.15) is 16.5 Å². The van der Waals surface area contributed by atoms with Crippen molar-refractivity contribution < 1.29 is 28.6 Å². The van der Waals surface area contributed by atoms with Crippen LogP contribution in [0.25, 0.3) is 10.6 Å². The molecular weight excluding hydrogens is 470 g/mol. The van der Waals surface area contributed by atoms with Crippen LogP contribution in [-0.2, 0) is 25.5 Å². The molecule has 35 heavy (non-hydrogen) atoms. The van der Waals surface area contributed by atoms with E-state index in [4.69, 9.17) is 14.2 Å². The number of anilines is 1. The second-order valence-electron chi connectivity index (χ2n) is 7.44. The molecule has 3 aromatic rings. The second kappa shape index (κ2) is 12.5. The highest BCUT2D eigenvalue weighted by Crippen LogP contribution is 2.32. The van der Waals surface area contributed by atoms with Crippen molar-refractivity contribution in [3.05, 3.63) is 59.1 Å². The first kappa shape index (κ1) is 25.7. The molecule has 0 aliphatic rings. The molecular formula is C25H27N3O6S. The average molecular weight is 498 g/mol. The van der Waals surface area contributed by atoms with E-state index in [2.05, 4.69) is 15.6 Å². The van der Waals surface area contributed by atoms with Crippen molar-refractivity contribution in [3.63, 3.8) is 0 Å². The first-order valence-electron chi connectivity index (χ1n) is 10.9. The molecule has 0 radical (unpaired) electrons. The summed E-state index contributed by atoms with van der Waals surface area (Å²) in [5, 5.41) is 7.60. The zero-order valence-corrected chi connectivity index (χ0v) is 20.6. The van der Waals surface area contributed by atoms with E-state index in [0.717, 1.165) is 21.9 Å². The molecule has 0 unspecified atom stereocenters. The lowest BCUT2D eigenvalue weighted by atomic mass is 10.2. The number of esters is 1. The fourth-order valence-electron chi connectivity index (χ4n) is 3.13. The Kier molecular flexibility index (Phi) is 9.19. The Hall–Kier alpha value is -3.92. The number of aryl methyl sites for hydroxylation is 1. The Morgan fingerprint density at radius 3 is 2.63 bits per heavy atom. The maximum Gasteiger partial charge on any atom is 0.312 e. The molecule has 0 saturated carbocycles. The van der Waals surface area contributed by atoms with Crippen LogP contribution in [0.4, 0.5) is 5.69 Å². The molecule has 0 atom stereocenters. The van der Waals surface area contributed by atoms with E-state index in [1.165, 1.54) is 18.4 Å². The molecule has 2 amide bonds. The van der Waals surface area contributed by atoms with Gasteiger partial charge < -0.3 is 24.8 Å². The Labute approximate surface area is 207 Å². The topological polar surface area (TPSA) is 116 Å². The number of amides is 2. The predicted molar refractivity (Wildman–Crippen MR) is 133 cm³/mol. The summed E-state index contributed by atoms with van der Waals surface area (Å²) < 4.78 is 15.9. The standard InChI is InChI=1S/C25H27N3O6S/c1-4-33-20-8-6-5-7-18(20)25-27-17(15-35-25)12-24(31)34-14-23(30)26-13-22(29)28-19-11-16(2)9-10-21(19)32-3/h5-11,15H,4,12-14H2,1-3H3,(H,26,30)(H,28,29). The van der Waals surface area contributed by atoms with Gasteiger partial charge in [-0.1, -0.05) is 18.2 Å². The Morgan fingerprint density at radius 2 is 1.86 bits per heavy atom. The van der Waals surface area contributed by atoms with Crippen molar-refractivity contribution in [1.82, 2.24) is 10.3 Å². The number of benzene rings is 2. The molecule has 2 aromatic carbocycles. The van der Waals surface area contributed by atoms with Gasteiger partial charge in [-0.05, 0) is 43.7 Å². The number of carbonyl (C=O) groups is 3. The molecule has 0 saturated heterocycles. The van der Waals surface area contributed by atoms with Crippen molar-refractivity contribution in [1.29, 1.82) is 0 Å². The number of hydrogen-bond acceptors (Lipinski definition) is 8. The number of ether oxygens (including phenoxy) is 3. The van der Waals surface area contributed by atoms with Gasteiger partial charge in [0.05, 0.1) is 43.6 Å². The minimum absolute atomic E-state index is 0.0752. The monoisotopic (exact) mass is 497 g/mol. The molecule has 0 aliphatic heterocycles. The van der Waals surface area contributed by atoms with Crippen molar-refractivity contribution in [2.24, 2.45) is 0 Å². The zero-order chi connectivity index (χ0) is 25.2. The fraction of sp³-hybridized carbons (Fsp3) is 0.280. The molecule has 0 bridgehead atoms. The number of hydrogen-bond donors (Lipinski definition) is 2. The van der Waals surface area contributed by atoms with Crippen molar-refractivity contribution in [2.75, 3.05) is 32.2 Å². The summed E-state index contributed by atoms with van der Waals surface area (Å²) >= 11 is 1.39. The number of nitrogens with one attached hydrogen (secondary N) is 2. The SMILES string of the molecule is CCOc1ccccc1-c1nc(CC(=O)OCC(=O)NCC(=O)Nc2cc(C)ccc2OC)cs1. The van der Waals surface area contributed by atoms with E-state index >= 15 is 0 Å². The number of nitrogens with zero attached hydrogens (tertiary/aromatic N) is 1. The Balaban J connectivity index is 1.44. The third-order valence-corrected chi connectivity index (χ3v) is 5.66. The van der Waals surface area contributed by atoms with E-state index < -0.39 is 24.4 Å². The third kappa shape index (κ3) is 7.54. The van der Waals surface area contributed by atoms with Crippen LogP contribution in [0.1, 0.15) is 18.2 Å². The lowest BCUT2D eigenvalue weighted by molar-refractivity contribution is -0.147. The average Bonchev–Trinajstić information content (AvgIpc) is 3.30. The number of thiazole rings is 1. The summed E-state index contributed by atoms with van der Waals surface area (Å²) in [6.45, 7) is 3.55. The van der Waals surface area contributed by atoms with Gasteiger partial charge in [0.25, 0.3) is 5.91 Å². The minimum atomic E-state index is -0.593. The summed E-state index contributed by atoms with van der Waals surface area (Å²) in [4.78, 5) is 40.8. The van der Waals surface area contributed by atoms with Gasteiger partial charge in [0.15, 0.2) is 6.61 Å². The summed E-state index contributed by atoms with van der Waals surface area (Å²) in [6, 6.07) is 12.9. The van der Waals surface area contributed by atoms with Crippen LogP contribution in [0.5, 0.6) is 11.5 Å². The highest BCUT2D eigenvalue weighted by molar-refractivity contribution is 7.13. The molecule has 0 spiro atoms. The summed E-state index contributed by atoms with van der Waals surface area (Å²) in [5.41, 5.74) is 2.83. The van der Waals surface area contributed by atoms with Gasteiger partial charge in [0.2, 0.25) is 5.91 Å². The van der Waals surface area contributed by atoms with E-state index in [9.17, 15) is 14.4 Å². The Bertz CT molecular complexity index is 1190. The van der Waals surface area contributed by atoms with Crippen LogP contribution in [0.15, 0.2) is 47.8 Å². The van der Waals surface area contributed by atoms with E-state index in [1.54, 1.807) is 17.5 Å². The maximum absolute atomic E-state index is 12.2. The quantitative estimate of drug-likeness (QED) is 0.390. The highest BCUT2D eigenvalue weighted by atomic mass is 32.1. The zero-order valence-electron chi connectivity index (χ0n) is 19.8. The molecule has 2 N–H and O–H groups in total. The summed E-state index contributed by atoms with van der Waals surface area (Å²) in [5.74, 6) is -0.384. The lowest BCUT2D eigenvalue weighted by Gasteiger charge is -2.11. The first-order valence-corrected chi connectivity index (χ1v) is 11.8. The van der Waals surface area contributed by atoms with E-state index in [-0.39, 0.29) is 13.0 Å². The number of rotatable bonds is 11. The summed E-state index contributed by atoms with van der Waals surface area (Å²) in [6.07, 6.45) is -0.0752. The maximum atomic E-state index is 12.2. The van der Waals surface area contributed by atoms with Gasteiger partial charge in [-0.3, -0.25) is 14.4 Å². The molecule has 0 fully saturated rings. The van der Waals surface area contributed by atoms with E-state index in [0.29, 0.717) is 23.7 Å². The van der Waals surface area contributed by atoms with Crippen molar-refractivity contribution in [3.8, 4) is 22.1 Å². The lowest BCUT2D eigenvalue weighted by Crippen LogP contribution is -2.35. The first-order chi connectivity index (χ1) is 16.9. The van der Waals surface area contributed by atoms with Gasteiger partial charge in [0, 0.05) is 5.38 Å². The van der Waals surface area contributed by atoms with Crippen molar-refractivity contribution >= 4 is 34.8 Å². The van der Waals surface area contributed by atoms with Crippen LogP contribution in [-0.4, -0.2) is 49.6 Å². The van der Waals surface area contributed by atoms with E-state index in [1.807, 2.05) is 44.2 Å². The Morgan fingerprint density at radius 1 is 1.06 bits per heavy atom. The minimum Gasteiger partial charge on any atom is -0.495 e. The normalized spacial score (nSPS) is 10.4. The molecule has 10 heteroatoms. The highest BCUT2D eigenvalue weighted by Gasteiger charge is 2.15. The largest absolute Gasteiger partial charge is 0.495 e. The summed E-state index contributed by atoms with van der Waals surface area (Å²) in [7, 11) is 1.50. The number of methoxy groups -OCH3 is 1. The van der Waals surface area contributed by atoms with Crippen LogP contribution >= 0.6 is 11.3 Å². The van der Waals surface area contributed by atoms with Gasteiger partial charge >= 0.3 is 5.97 Å². The molecule has 1 aromatic heterocycles. The fourth-order valence-corrected chi connectivity index (χ4v) is 3.97. The van der Waals surface area contributed by atoms with Gasteiger partial charge in [-0.25, -0.2) is 4.98 Å². The number of carbonyl (C=O) groups excluding carboxylic acids is 3. The van der Waals surface area contributed by atoms with Crippen LogP contribution in [0.2, 0.25) is 0 Å². The second-order valence-corrected chi connectivity index (χ2v) is 8.30. The molecule has 1 heterocycles. The third-order valence-electron chi connectivity index (χ3n) is 4.73. The smallest absolute Gasteiger partial charge is 0.312 e. The van der Waals surface area contributed by atoms with Gasteiger partial charge in [-0.15, -0.1) is 11.3 Å². The van der Waals surface area contributed by atoms with Crippen LogP contribution < -0.4 is 20.1 Å². The van der Waals surface area contributed by atoms with Gasteiger partial charge in [-0.2, -0.15) is 0 Å². The number of aromatic nitrogens is 1. The molecule has 184 valence electrons.